The van der Waals surface area contributed by atoms with E-state index >= 15 is 0 Å². The summed E-state index contributed by atoms with van der Waals surface area (Å²) in [6.45, 7) is -0.888. The van der Waals surface area contributed by atoms with Gasteiger partial charge in [0.1, 0.15) is 12.2 Å². The van der Waals surface area contributed by atoms with Crippen LogP contribution in [0.15, 0.2) is 11.5 Å². The van der Waals surface area contributed by atoms with E-state index in [1.54, 1.807) is 0 Å². The number of cyclic esters (lactones) is 1. The third-order valence-electron chi connectivity index (χ3n) is 1.62. The second-order valence-corrected chi connectivity index (χ2v) is 3.74. The van der Waals surface area contributed by atoms with Crippen LogP contribution in [-0.2, 0) is 24.1 Å². The minimum atomic E-state index is -5.28. The predicted octanol–water partition coefficient (Wildman–Crippen LogP) is -9.68. The van der Waals surface area contributed by atoms with Gasteiger partial charge >= 0.3 is 109 Å². The second kappa shape index (κ2) is 9.04. The van der Waals surface area contributed by atoms with E-state index < -0.39 is 46.7 Å². The monoisotopic (exact) mass is 332 g/mol. The van der Waals surface area contributed by atoms with E-state index in [0.29, 0.717) is 0 Å². The molecule has 0 saturated heterocycles. The molecule has 0 amide bonds. The molecule has 0 aliphatic carbocycles. The van der Waals surface area contributed by atoms with Crippen LogP contribution in [0.25, 0.3) is 0 Å². The van der Waals surface area contributed by atoms with Gasteiger partial charge in [-0.15, -0.1) is 0 Å². The molecule has 0 fully saturated rings. The van der Waals surface area contributed by atoms with Crippen LogP contribution < -0.4 is 108 Å². The first-order chi connectivity index (χ1) is 7.26. The van der Waals surface area contributed by atoms with Crippen molar-refractivity contribution in [2.75, 3.05) is 6.61 Å². The molecule has 0 radical (unpaired) electrons. The minimum Gasteiger partial charge on any atom is -0.870 e. The Hall–Kier alpha value is 1.91. The van der Waals surface area contributed by atoms with E-state index in [1.807, 2.05) is 0 Å². The zero-order valence-corrected chi connectivity index (χ0v) is 16.6. The number of ether oxygens (including phenoxy) is 1. The summed E-state index contributed by atoms with van der Waals surface area (Å²) < 4.78 is 38.2. The molecule has 1 rings (SSSR count). The van der Waals surface area contributed by atoms with Crippen LogP contribution in [0, 0.1) is 0 Å². The normalized spacial score (nSPS) is 20.6. The summed E-state index contributed by atoms with van der Waals surface area (Å²) in [4.78, 5) is 10.9. The molecule has 0 aromatic carbocycles. The molecule has 1 aliphatic rings. The van der Waals surface area contributed by atoms with E-state index in [2.05, 4.69) is 8.92 Å². The Labute approximate surface area is 187 Å². The fourth-order valence-electron chi connectivity index (χ4n) is 0.978. The summed E-state index contributed by atoms with van der Waals surface area (Å²) in [6.07, 6.45) is -3.49. The van der Waals surface area contributed by atoms with Crippen molar-refractivity contribution in [3.8, 4) is 0 Å². The Kier molecular flexibility index (Phi) is 11.1. The molecule has 0 aromatic heterocycles. The first-order valence-electron chi connectivity index (χ1n) is 3.82. The number of aliphatic hydroxyl groups excluding tert-OH is 2. The van der Waals surface area contributed by atoms with Crippen LogP contribution in [0.2, 0.25) is 0 Å². The Balaban J connectivity index is 0. The summed E-state index contributed by atoms with van der Waals surface area (Å²) in [5.41, 5.74) is 0. The van der Waals surface area contributed by atoms with Gasteiger partial charge in [0, 0.05) is 0 Å². The largest absolute Gasteiger partial charge is 1.00 e. The van der Waals surface area contributed by atoms with Crippen LogP contribution in [0.1, 0.15) is 0 Å². The molecule has 1 aliphatic heterocycles. The molecule has 0 bridgehead atoms. The predicted molar refractivity (Wildman–Crippen MR) is 40.8 cm³/mol. The van der Waals surface area contributed by atoms with Crippen molar-refractivity contribution >= 4 is 16.4 Å². The van der Waals surface area contributed by atoms with Gasteiger partial charge in [-0.05, 0) is 5.76 Å². The summed E-state index contributed by atoms with van der Waals surface area (Å²) >= 11 is 0. The number of esters is 1. The molecule has 9 nitrogen and oxygen atoms in total. The fraction of sp³-hybridized carbons (Fsp3) is 0.500. The Morgan fingerprint density at radius 1 is 1.44 bits per heavy atom. The van der Waals surface area contributed by atoms with Crippen molar-refractivity contribution in [2.45, 2.75) is 12.2 Å². The summed E-state index contributed by atoms with van der Waals surface area (Å²) in [7, 11) is -5.28. The number of carbonyl (C=O) groups excluding carboxylic acids is 1. The average Bonchev–Trinajstić information content (AvgIpc) is 2.42. The molecular weight excluding hydrogens is 326 g/mol. The molecule has 18 heavy (non-hydrogen) atoms. The van der Waals surface area contributed by atoms with Crippen molar-refractivity contribution in [1.82, 2.24) is 0 Å². The SMILES string of the molecule is O=C1OC(C(O)CO)C([O-])=C1OS(=O)(=O)[O-].[K+].[K+]. The molecule has 2 atom stereocenters. The maximum atomic E-state index is 11.2. The standard InChI is InChI=1S/C6H8O9S.2K/c7-1-2(8)4-3(9)5(6(10)14-4)15-16(11,12)13;;/h2,4,7-9H,1H2,(H,11,12,13);;/q;2*+1/p-2. The molecule has 92 valence electrons. The van der Waals surface area contributed by atoms with Gasteiger partial charge in [0.15, 0.2) is 0 Å². The maximum absolute atomic E-state index is 11.2. The van der Waals surface area contributed by atoms with Gasteiger partial charge in [0.25, 0.3) is 10.4 Å². The van der Waals surface area contributed by atoms with Crippen molar-refractivity contribution in [2.24, 2.45) is 0 Å². The number of hydrogen-bond acceptors (Lipinski definition) is 9. The van der Waals surface area contributed by atoms with Gasteiger partial charge in [0.05, 0.1) is 6.61 Å². The quantitative estimate of drug-likeness (QED) is 0.221. The molecule has 2 N–H and O–H groups in total. The number of aliphatic hydroxyl groups is 2. The summed E-state index contributed by atoms with van der Waals surface area (Å²) in [5.74, 6) is -4.12. The second-order valence-electron chi connectivity index (χ2n) is 2.76. The van der Waals surface area contributed by atoms with Crippen LogP contribution in [0.5, 0.6) is 0 Å². The van der Waals surface area contributed by atoms with E-state index in [0.717, 1.165) is 0 Å². The molecule has 1 heterocycles. The third kappa shape index (κ3) is 6.13. The van der Waals surface area contributed by atoms with Crippen molar-refractivity contribution < 1.29 is 145 Å². The van der Waals surface area contributed by atoms with Gasteiger partial charge in [-0.25, -0.2) is 13.2 Å². The first-order valence-corrected chi connectivity index (χ1v) is 5.16. The van der Waals surface area contributed by atoms with Crippen LogP contribution in [0.4, 0.5) is 0 Å². The van der Waals surface area contributed by atoms with E-state index in [4.69, 9.17) is 10.2 Å². The maximum Gasteiger partial charge on any atom is 1.00 e. The van der Waals surface area contributed by atoms with Crippen LogP contribution in [0.3, 0.4) is 0 Å². The zero-order valence-electron chi connectivity index (χ0n) is 9.52. The molecule has 2 unspecified atom stereocenters. The molecular formula is C6H6K2O9S. The number of rotatable bonds is 4. The number of hydrogen-bond donors (Lipinski definition) is 2. The zero-order chi connectivity index (χ0) is 12.5. The van der Waals surface area contributed by atoms with Gasteiger partial charge in [-0.2, -0.15) is 0 Å². The minimum absolute atomic E-state index is 0. The third-order valence-corrected chi connectivity index (χ3v) is 1.99. The van der Waals surface area contributed by atoms with Crippen LogP contribution in [-0.4, -0.2) is 48.0 Å². The van der Waals surface area contributed by atoms with Gasteiger partial charge < -0.3 is 28.8 Å². The molecule has 0 aromatic rings. The van der Waals surface area contributed by atoms with Crippen molar-refractivity contribution in [1.29, 1.82) is 0 Å². The summed E-state index contributed by atoms with van der Waals surface area (Å²) in [6, 6.07) is 0. The topological polar surface area (TPSA) is 156 Å². The van der Waals surface area contributed by atoms with Gasteiger partial charge in [-0.1, -0.05) is 0 Å². The van der Waals surface area contributed by atoms with Crippen molar-refractivity contribution in [3.05, 3.63) is 11.5 Å². The van der Waals surface area contributed by atoms with Gasteiger partial charge in [-0.3, -0.25) is 0 Å². The van der Waals surface area contributed by atoms with Crippen LogP contribution >= 0.6 is 0 Å². The van der Waals surface area contributed by atoms with E-state index in [-0.39, 0.29) is 103 Å². The first kappa shape index (κ1) is 22.2. The smallest absolute Gasteiger partial charge is 0.870 e. The Morgan fingerprint density at radius 2 is 1.94 bits per heavy atom. The van der Waals surface area contributed by atoms with E-state index in [9.17, 15) is 22.9 Å². The van der Waals surface area contributed by atoms with Crippen molar-refractivity contribution in [3.63, 3.8) is 0 Å². The van der Waals surface area contributed by atoms with E-state index in [1.165, 1.54) is 0 Å². The Bertz CT molecular complexity index is 430. The summed E-state index contributed by atoms with van der Waals surface area (Å²) in [5, 5.41) is 28.7. The molecule has 0 spiro atoms. The van der Waals surface area contributed by atoms with Gasteiger partial charge in [0.2, 0.25) is 5.76 Å². The number of carbonyl (C=O) groups is 1. The fourth-order valence-corrected chi connectivity index (χ4v) is 1.33. The molecule has 12 heteroatoms. The Morgan fingerprint density at radius 3 is 2.33 bits per heavy atom. The molecule has 0 saturated carbocycles. The average molecular weight is 332 g/mol.